The van der Waals surface area contributed by atoms with Crippen LogP contribution in [0.15, 0.2) is 24.7 Å². The van der Waals surface area contributed by atoms with Crippen molar-refractivity contribution in [1.82, 2.24) is 15.0 Å². The Morgan fingerprint density at radius 3 is 2.36 bits per heavy atom. The first kappa shape index (κ1) is 14.3. The second-order valence-electron chi connectivity index (χ2n) is 5.40. The summed E-state index contributed by atoms with van der Waals surface area (Å²) in [4.78, 5) is 17.6. The van der Waals surface area contributed by atoms with Crippen LogP contribution in [0.3, 0.4) is 0 Å². The van der Waals surface area contributed by atoms with Crippen LogP contribution in [-0.2, 0) is 0 Å². The molecule has 6 nitrogen and oxygen atoms in total. The maximum absolute atomic E-state index is 8.83. The lowest BCUT2D eigenvalue weighted by Gasteiger charge is -2.36. The molecule has 0 atom stereocenters. The first-order valence-electron chi connectivity index (χ1n) is 7.33. The molecule has 0 unspecified atom stereocenters. The van der Waals surface area contributed by atoms with E-state index in [0.29, 0.717) is 5.56 Å². The molecule has 0 aromatic carbocycles. The molecule has 1 saturated heterocycles. The van der Waals surface area contributed by atoms with Crippen LogP contribution >= 0.6 is 0 Å². The van der Waals surface area contributed by atoms with Gasteiger partial charge in [0.25, 0.3) is 0 Å². The van der Waals surface area contributed by atoms with E-state index in [1.807, 2.05) is 19.1 Å². The molecule has 0 bridgehead atoms. The van der Waals surface area contributed by atoms with Crippen molar-refractivity contribution in [2.24, 2.45) is 0 Å². The largest absolute Gasteiger partial charge is 0.353 e. The lowest BCUT2D eigenvalue weighted by molar-refractivity contribution is 0.639. The third-order valence-electron chi connectivity index (χ3n) is 4.09. The predicted octanol–water partition coefficient (Wildman–Crippen LogP) is 1.69. The summed E-state index contributed by atoms with van der Waals surface area (Å²) < 4.78 is 0. The number of anilines is 2. The second-order valence-corrected chi connectivity index (χ2v) is 5.40. The van der Waals surface area contributed by atoms with Crippen molar-refractivity contribution in [3.63, 3.8) is 0 Å². The molecule has 3 rings (SSSR count). The minimum absolute atomic E-state index is 0.592. The van der Waals surface area contributed by atoms with E-state index in [9.17, 15) is 0 Å². The van der Waals surface area contributed by atoms with Gasteiger partial charge in [-0.3, -0.25) is 0 Å². The number of piperazine rings is 1. The Morgan fingerprint density at radius 1 is 1.00 bits per heavy atom. The van der Waals surface area contributed by atoms with Crippen molar-refractivity contribution < 1.29 is 0 Å². The summed E-state index contributed by atoms with van der Waals surface area (Å²) in [6.07, 6.45) is 3.26. The summed E-state index contributed by atoms with van der Waals surface area (Å²) >= 11 is 0. The fraction of sp³-hybridized carbons (Fsp3) is 0.375. The second kappa shape index (κ2) is 5.98. The number of nitriles is 1. The van der Waals surface area contributed by atoms with E-state index in [1.165, 1.54) is 0 Å². The summed E-state index contributed by atoms with van der Waals surface area (Å²) in [5.41, 5.74) is 2.77. The fourth-order valence-electron chi connectivity index (χ4n) is 2.63. The predicted molar refractivity (Wildman–Crippen MR) is 84.9 cm³/mol. The molecule has 0 aliphatic carbocycles. The maximum Gasteiger partial charge on any atom is 0.135 e. The van der Waals surface area contributed by atoms with Crippen LogP contribution < -0.4 is 9.80 Å². The van der Waals surface area contributed by atoms with Crippen LogP contribution in [0.4, 0.5) is 11.6 Å². The van der Waals surface area contributed by atoms with E-state index in [0.717, 1.165) is 49.1 Å². The molecule has 0 N–H and O–H groups in total. The van der Waals surface area contributed by atoms with Gasteiger partial charge in [-0.1, -0.05) is 0 Å². The molecule has 0 radical (unpaired) electrons. The third kappa shape index (κ3) is 2.70. The SMILES string of the molecule is Cc1ncnc(N2CCN(c3ccc(C#N)cn3)CC2)c1C. The van der Waals surface area contributed by atoms with Crippen molar-refractivity contribution >= 4 is 11.6 Å². The lowest BCUT2D eigenvalue weighted by atomic mass is 10.2. The molecule has 3 heterocycles. The Hall–Kier alpha value is -2.68. The summed E-state index contributed by atoms with van der Waals surface area (Å²) in [5.74, 6) is 1.95. The van der Waals surface area contributed by atoms with Crippen molar-refractivity contribution in [2.75, 3.05) is 36.0 Å². The summed E-state index contributed by atoms with van der Waals surface area (Å²) in [7, 11) is 0. The Labute approximate surface area is 130 Å². The standard InChI is InChI=1S/C16H18N6/c1-12-13(2)19-11-20-16(12)22-7-5-21(6-8-22)15-4-3-14(9-17)10-18-15/h3-4,10-11H,5-8H2,1-2H3. The summed E-state index contributed by atoms with van der Waals surface area (Å²) in [6.45, 7) is 7.66. The number of aryl methyl sites for hydroxylation is 1. The molecule has 1 aliphatic heterocycles. The van der Waals surface area contributed by atoms with Crippen LogP contribution in [0.2, 0.25) is 0 Å². The minimum Gasteiger partial charge on any atom is -0.353 e. The normalized spacial score (nSPS) is 14.8. The molecule has 0 amide bonds. The zero-order valence-corrected chi connectivity index (χ0v) is 12.8. The number of nitrogens with zero attached hydrogens (tertiary/aromatic N) is 6. The highest BCUT2D eigenvalue weighted by atomic mass is 15.3. The summed E-state index contributed by atoms with van der Waals surface area (Å²) in [6, 6.07) is 5.82. The van der Waals surface area contributed by atoms with Crippen LogP contribution in [0, 0.1) is 25.2 Å². The monoisotopic (exact) mass is 294 g/mol. The van der Waals surface area contributed by atoms with E-state index >= 15 is 0 Å². The van der Waals surface area contributed by atoms with Crippen molar-refractivity contribution in [3.05, 3.63) is 41.5 Å². The van der Waals surface area contributed by atoms with E-state index in [-0.39, 0.29) is 0 Å². The number of hydrogen-bond acceptors (Lipinski definition) is 6. The van der Waals surface area contributed by atoms with Crippen molar-refractivity contribution in [1.29, 1.82) is 5.26 Å². The molecule has 2 aromatic rings. The Bertz CT molecular complexity index is 696. The lowest BCUT2D eigenvalue weighted by Crippen LogP contribution is -2.47. The Balaban J connectivity index is 1.69. The maximum atomic E-state index is 8.83. The van der Waals surface area contributed by atoms with Gasteiger partial charge < -0.3 is 9.80 Å². The molecule has 2 aromatic heterocycles. The van der Waals surface area contributed by atoms with Gasteiger partial charge in [0.1, 0.15) is 24.0 Å². The smallest absolute Gasteiger partial charge is 0.135 e. The molecule has 6 heteroatoms. The number of aromatic nitrogens is 3. The Morgan fingerprint density at radius 2 is 1.73 bits per heavy atom. The van der Waals surface area contributed by atoms with Gasteiger partial charge in [0.05, 0.1) is 5.56 Å². The molecular weight excluding hydrogens is 276 g/mol. The van der Waals surface area contributed by atoms with Gasteiger partial charge in [0.15, 0.2) is 0 Å². The molecule has 1 aliphatic rings. The van der Waals surface area contributed by atoms with Crippen molar-refractivity contribution in [2.45, 2.75) is 13.8 Å². The number of pyridine rings is 1. The van der Waals surface area contributed by atoms with E-state index in [1.54, 1.807) is 12.5 Å². The highest BCUT2D eigenvalue weighted by Gasteiger charge is 2.20. The van der Waals surface area contributed by atoms with Gasteiger partial charge in [0, 0.05) is 43.6 Å². The number of hydrogen-bond donors (Lipinski definition) is 0. The molecule has 0 saturated carbocycles. The molecule has 22 heavy (non-hydrogen) atoms. The highest BCUT2D eigenvalue weighted by molar-refractivity contribution is 5.50. The zero-order valence-electron chi connectivity index (χ0n) is 12.8. The van der Waals surface area contributed by atoms with E-state index < -0.39 is 0 Å². The van der Waals surface area contributed by atoms with E-state index in [4.69, 9.17) is 5.26 Å². The van der Waals surface area contributed by atoms with Crippen LogP contribution in [-0.4, -0.2) is 41.1 Å². The Kier molecular flexibility index (Phi) is 3.88. The van der Waals surface area contributed by atoms with Crippen molar-refractivity contribution in [3.8, 4) is 6.07 Å². The zero-order chi connectivity index (χ0) is 15.5. The molecule has 112 valence electrons. The highest BCUT2D eigenvalue weighted by Crippen LogP contribution is 2.21. The van der Waals surface area contributed by atoms with Crippen LogP contribution in [0.1, 0.15) is 16.8 Å². The number of rotatable bonds is 2. The molecular formula is C16H18N6. The molecule has 1 fully saturated rings. The van der Waals surface area contributed by atoms with Gasteiger partial charge >= 0.3 is 0 Å². The fourth-order valence-corrected chi connectivity index (χ4v) is 2.63. The molecule has 0 spiro atoms. The quantitative estimate of drug-likeness (QED) is 0.839. The van der Waals surface area contributed by atoms with Gasteiger partial charge in [-0.2, -0.15) is 5.26 Å². The van der Waals surface area contributed by atoms with Crippen LogP contribution in [0.5, 0.6) is 0 Å². The van der Waals surface area contributed by atoms with Gasteiger partial charge in [-0.15, -0.1) is 0 Å². The van der Waals surface area contributed by atoms with Gasteiger partial charge in [-0.05, 0) is 26.0 Å². The third-order valence-corrected chi connectivity index (χ3v) is 4.09. The average molecular weight is 294 g/mol. The average Bonchev–Trinajstić information content (AvgIpc) is 2.58. The first-order chi connectivity index (χ1) is 10.7. The van der Waals surface area contributed by atoms with Crippen LogP contribution in [0.25, 0.3) is 0 Å². The van der Waals surface area contributed by atoms with Gasteiger partial charge in [0.2, 0.25) is 0 Å². The minimum atomic E-state index is 0.592. The van der Waals surface area contributed by atoms with E-state index in [2.05, 4.69) is 37.7 Å². The first-order valence-corrected chi connectivity index (χ1v) is 7.33. The topological polar surface area (TPSA) is 68.9 Å². The summed E-state index contributed by atoms with van der Waals surface area (Å²) in [5, 5.41) is 8.83. The van der Waals surface area contributed by atoms with Gasteiger partial charge in [-0.25, -0.2) is 15.0 Å².